The summed E-state index contributed by atoms with van der Waals surface area (Å²) < 4.78 is 27.6. The first-order chi connectivity index (χ1) is 19.1. The summed E-state index contributed by atoms with van der Waals surface area (Å²) in [5.74, 6) is 0. The minimum atomic E-state index is -2.51. The molecule has 0 amide bonds. The molecular formula is C29H29ClF2N8. The van der Waals surface area contributed by atoms with Gasteiger partial charge in [-0.2, -0.15) is 10.5 Å². The zero-order chi connectivity index (χ0) is 28.7. The minimum Gasteiger partial charge on any atom is -0.383 e. The summed E-state index contributed by atoms with van der Waals surface area (Å²) in [7, 11) is 0. The van der Waals surface area contributed by atoms with Crippen LogP contribution in [0.2, 0.25) is 5.02 Å². The molecule has 0 saturated heterocycles. The number of halogens is 3. The third-order valence-corrected chi connectivity index (χ3v) is 7.43. The second-order valence-corrected chi connectivity index (χ2v) is 11.7. The van der Waals surface area contributed by atoms with E-state index in [0.717, 1.165) is 0 Å². The topological polar surface area (TPSA) is 112 Å². The first-order valence-electron chi connectivity index (χ1n) is 12.9. The smallest absolute Gasteiger partial charge is 0.262 e. The third-order valence-electron chi connectivity index (χ3n) is 7.08. The Labute approximate surface area is 236 Å². The highest BCUT2D eigenvalue weighted by atomic mass is 35.5. The average molecular weight is 563 g/mol. The molecular weight excluding hydrogens is 534 g/mol. The fourth-order valence-electron chi connectivity index (χ4n) is 4.71. The lowest BCUT2D eigenvalue weighted by molar-refractivity contribution is 0.00911. The molecule has 11 heteroatoms. The molecule has 2 heterocycles. The number of alkyl halides is 2. The van der Waals surface area contributed by atoms with Gasteiger partial charge >= 0.3 is 0 Å². The van der Waals surface area contributed by atoms with Crippen LogP contribution in [-0.2, 0) is 0 Å². The van der Waals surface area contributed by atoms with Gasteiger partial charge in [0.2, 0.25) is 0 Å². The lowest BCUT2D eigenvalue weighted by atomic mass is 9.96. The predicted molar refractivity (Wildman–Crippen MR) is 151 cm³/mol. The highest BCUT2D eigenvalue weighted by molar-refractivity contribution is 6.31. The summed E-state index contributed by atoms with van der Waals surface area (Å²) in [5.41, 5.74) is 8.20. The maximum atomic E-state index is 13.8. The number of hydrogen-bond acceptors (Lipinski definition) is 8. The fraction of sp³-hybridized carbons (Fsp3) is 0.345. The molecule has 2 aromatic carbocycles. The Hall–Kier alpha value is -4.12. The molecule has 8 nitrogen and oxygen atoms in total. The number of nitriles is 2. The summed E-state index contributed by atoms with van der Waals surface area (Å²) in [6, 6.07) is 14.6. The molecule has 1 atom stereocenters. The van der Waals surface area contributed by atoms with E-state index in [1.807, 2.05) is 24.3 Å². The number of nitrogens with zero attached hydrogens (tertiary/aromatic N) is 4. The molecule has 1 saturated carbocycles. The number of benzene rings is 2. The van der Waals surface area contributed by atoms with E-state index in [4.69, 9.17) is 11.6 Å². The molecule has 0 radical (unpaired) electrons. The Morgan fingerprint density at radius 3 is 2.50 bits per heavy atom. The summed E-state index contributed by atoms with van der Waals surface area (Å²) in [5, 5.41) is 29.1. The van der Waals surface area contributed by atoms with Crippen molar-refractivity contribution in [3.05, 3.63) is 76.2 Å². The molecule has 1 unspecified atom stereocenters. The van der Waals surface area contributed by atoms with Gasteiger partial charge in [-0.1, -0.05) is 50.6 Å². The lowest BCUT2D eigenvalue weighted by Gasteiger charge is -2.25. The maximum absolute atomic E-state index is 13.8. The van der Waals surface area contributed by atoms with E-state index < -0.39 is 18.0 Å². The van der Waals surface area contributed by atoms with E-state index in [2.05, 4.69) is 59.5 Å². The Balaban J connectivity index is 1.60. The Bertz CT molecular complexity index is 1560. The third kappa shape index (κ3) is 5.21. The number of hydrogen-bond donors (Lipinski definition) is 4. The number of aromatic nitrogens is 1. The van der Waals surface area contributed by atoms with Crippen molar-refractivity contribution in [1.82, 2.24) is 21.0 Å². The number of hydrazine groups is 2. The zero-order valence-electron chi connectivity index (χ0n) is 22.3. The van der Waals surface area contributed by atoms with Gasteiger partial charge in [-0.25, -0.2) is 8.78 Å². The van der Waals surface area contributed by atoms with Crippen molar-refractivity contribution in [2.45, 2.75) is 51.6 Å². The highest BCUT2D eigenvalue weighted by Crippen LogP contribution is 2.47. The Kier molecular flexibility index (Phi) is 7.17. The number of pyridine rings is 1. The molecule has 4 N–H and O–H groups in total. The second kappa shape index (κ2) is 10.5. The highest BCUT2D eigenvalue weighted by Gasteiger charge is 2.56. The van der Waals surface area contributed by atoms with Gasteiger partial charge in [0.05, 0.1) is 34.1 Å². The quantitative estimate of drug-likeness (QED) is 0.256. The van der Waals surface area contributed by atoms with Crippen molar-refractivity contribution in [2.24, 2.45) is 5.41 Å². The SMILES string of the molecule is CC(C)(C)CNc1c(C#N)cnc2c(C#N)cc(NC(C3=CN(C4(C(F)F)CC4)NN3)c3ccccc3Cl)cc12. The fourth-order valence-corrected chi connectivity index (χ4v) is 4.95. The molecule has 3 aromatic rings. The first-order valence-corrected chi connectivity index (χ1v) is 13.3. The van der Waals surface area contributed by atoms with Gasteiger partial charge in [-0.3, -0.25) is 9.99 Å². The number of rotatable bonds is 8. The van der Waals surface area contributed by atoms with Crippen molar-refractivity contribution in [3.8, 4) is 12.1 Å². The van der Waals surface area contributed by atoms with Crippen molar-refractivity contribution >= 4 is 33.9 Å². The van der Waals surface area contributed by atoms with Crippen LogP contribution in [0.15, 0.2) is 54.5 Å². The predicted octanol–water partition coefficient (Wildman–Crippen LogP) is 6.21. The normalized spacial score (nSPS) is 16.6. The molecule has 0 spiro atoms. The van der Waals surface area contributed by atoms with Gasteiger partial charge in [0.1, 0.15) is 17.7 Å². The van der Waals surface area contributed by atoms with E-state index in [1.54, 1.807) is 18.3 Å². The van der Waals surface area contributed by atoms with Crippen LogP contribution >= 0.6 is 11.6 Å². The molecule has 5 rings (SSSR count). The summed E-state index contributed by atoms with van der Waals surface area (Å²) >= 11 is 6.60. The summed E-state index contributed by atoms with van der Waals surface area (Å²) in [4.78, 5) is 4.41. The van der Waals surface area contributed by atoms with Gasteiger partial charge in [-0.05, 0) is 42.0 Å². The first kappa shape index (κ1) is 27.4. The Morgan fingerprint density at radius 2 is 1.88 bits per heavy atom. The average Bonchev–Trinajstić information content (AvgIpc) is 3.60. The second-order valence-electron chi connectivity index (χ2n) is 11.3. The minimum absolute atomic E-state index is 0.0674. The van der Waals surface area contributed by atoms with Crippen LogP contribution in [0.25, 0.3) is 10.9 Å². The van der Waals surface area contributed by atoms with Crippen LogP contribution < -0.4 is 21.6 Å². The van der Waals surface area contributed by atoms with Crippen molar-refractivity contribution in [3.63, 3.8) is 0 Å². The molecule has 40 heavy (non-hydrogen) atoms. The number of nitrogens with one attached hydrogen (secondary N) is 4. The van der Waals surface area contributed by atoms with Crippen LogP contribution in [0.1, 0.15) is 56.3 Å². The van der Waals surface area contributed by atoms with Crippen LogP contribution in [-0.4, -0.2) is 28.5 Å². The number of fused-ring (bicyclic) bond motifs is 1. The molecule has 1 aromatic heterocycles. The summed E-state index contributed by atoms with van der Waals surface area (Å²) in [6.07, 6.45) is 1.35. The summed E-state index contributed by atoms with van der Waals surface area (Å²) in [6.45, 7) is 6.83. The van der Waals surface area contributed by atoms with Crippen molar-refractivity contribution < 1.29 is 8.78 Å². The van der Waals surface area contributed by atoms with Gasteiger partial charge in [-0.15, -0.1) is 5.53 Å². The molecule has 1 aliphatic heterocycles. The van der Waals surface area contributed by atoms with Crippen LogP contribution in [0.3, 0.4) is 0 Å². The van der Waals surface area contributed by atoms with Gasteiger partial charge < -0.3 is 16.1 Å². The van der Waals surface area contributed by atoms with Gasteiger partial charge in [0.15, 0.2) is 0 Å². The molecule has 1 fully saturated rings. The van der Waals surface area contributed by atoms with E-state index in [9.17, 15) is 19.3 Å². The molecule has 2 aliphatic rings. The van der Waals surface area contributed by atoms with Crippen molar-refractivity contribution in [1.29, 1.82) is 10.5 Å². The largest absolute Gasteiger partial charge is 0.383 e. The lowest BCUT2D eigenvalue weighted by Crippen LogP contribution is -2.48. The number of anilines is 2. The van der Waals surface area contributed by atoms with E-state index in [1.165, 1.54) is 11.2 Å². The van der Waals surface area contributed by atoms with Crippen LogP contribution in [0, 0.1) is 28.1 Å². The van der Waals surface area contributed by atoms with Gasteiger partial charge in [0.25, 0.3) is 6.43 Å². The molecule has 0 bridgehead atoms. The molecule has 1 aliphatic carbocycles. The van der Waals surface area contributed by atoms with E-state index >= 15 is 0 Å². The zero-order valence-corrected chi connectivity index (χ0v) is 23.1. The maximum Gasteiger partial charge on any atom is 0.262 e. The van der Waals surface area contributed by atoms with Crippen LogP contribution in [0.5, 0.6) is 0 Å². The standard InChI is InChI=1S/C29H29ClF2N8/c1-28(2,3)16-36-25-18(13-34)14-35-24-17(12-33)10-19(11-21(24)25)37-26(20-6-4-5-7-22(20)30)23-15-40(39-38-23)29(8-9-29)27(31)32/h4-7,10-11,14-15,26-27,37-39H,8-9,16H2,1-3H3,(H,35,36). The molecule has 206 valence electrons. The Morgan fingerprint density at radius 1 is 1.15 bits per heavy atom. The van der Waals surface area contributed by atoms with Gasteiger partial charge in [0, 0.05) is 35.0 Å². The van der Waals surface area contributed by atoms with E-state index in [0.29, 0.717) is 69.1 Å². The van der Waals surface area contributed by atoms with Crippen LogP contribution in [0.4, 0.5) is 20.2 Å². The van der Waals surface area contributed by atoms with Crippen molar-refractivity contribution in [2.75, 3.05) is 17.2 Å². The van der Waals surface area contributed by atoms with E-state index in [-0.39, 0.29) is 5.41 Å². The monoisotopic (exact) mass is 562 g/mol.